The van der Waals surface area contributed by atoms with Gasteiger partial charge in [-0.1, -0.05) is 19.9 Å². The lowest BCUT2D eigenvalue weighted by molar-refractivity contribution is -0.00718. The third-order valence-electron chi connectivity index (χ3n) is 3.62. The Kier molecular flexibility index (Phi) is 3.14. The predicted octanol–water partition coefficient (Wildman–Crippen LogP) is 2.10. The van der Waals surface area contributed by atoms with Crippen molar-refractivity contribution in [3.05, 3.63) is 23.8 Å². The van der Waals surface area contributed by atoms with Crippen LogP contribution in [-0.4, -0.2) is 26.0 Å². The van der Waals surface area contributed by atoms with E-state index in [0.717, 1.165) is 30.2 Å². The molecule has 0 aliphatic carbocycles. The third-order valence-corrected chi connectivity index (χ3v) is 3.62. The molecule has 2 aliphatic rings. The summed E-state index contributed by atoms with van der Waals surface area (Å²) in [6.45, 7) is 6.35. The summed E-state index contributed by atoms with van der Waals surface area (Å²) < 4.78 is 16.6. The van der Waals surface area contributed by atoms with Crippen LogP contribution in [0.1, 0.15) is 25.5 Å². The van der Waals surface area contributed by atoms with E-state index in [1.807, 2.05) is 12.1 Å². The minimum absolute atomic E-state index is 0.106. The van der Waals surface area contributed by atoms with Gasteiger partial charge < -0.3 is 19.5 Å². The third kappa shape index (κ3) is 2.18. The highest BCUT2D eigenvalue weighted by atomic mass is 16.7. The number of hydrogen-bond donors (Lipinski definition) is 1. The molecule has 0 spiro atoms. The van der Waals surface area contributed by atoms with Gasteiger partial charge in [0.25, 0.3) is 0 Å². The fraction of sp³-hybridized carbons (Fsp3) is 0.571. The zero-order chi connectivity index (χ0) is 12.5. The second-order valence-corrected chi connectivity index (χ2v) is 5.19. The molecule has 0 radical (unpaired) electrons. The Bertz CT molecular complexity index is 425. The summed E-state index contributed by atoms with van der Waals surface area (Å²) in [7, 11) is 0. The summed E-state index contributed by atoms with van der Waals surface area (Å²) in [4.78, 5) is 0. The molecule has 18 heavy (non-hydrogen) atoms. The summed E-state index contributed by atoms with van der Waals surface area (Å²) in [5, 5.41) is 3.54. The van der Waals surface area contributed by atoms with Crippen molar-refractivity contribution in [1.29, 1.82) is 0 Å². The number of nitrogens with one attached hydrogen (secondary N) is 1. The van der Waals surface area contributed by atoms with Crippen molar-refractivity contribution in [3.63, 3.8) is 0 Å². The van der Waals surface area contributed by atoms with Gasteiger partial charge in [-0.2, -0.15) is 0 Å². The Balaban J connectivity index is 1.69. The Labute approximate surface area is 107 Å². The zero-order valence-corrected chi connectivity index (χ0v) is 10.8. The summed E-state index contributed by atoms with van der Waals surface area (Å²) in [5.74, 6) is 2.24. The van der Waals surface area contributed by atoms with Crippen LogP contribution in [0.3, 0.4) is 0 Å². The molecule has 98 valence electrons. The van der Waals surface area contributed by atoms with E-state index in [0.29, 0.717) is 18.8 Å². The summed E-state index contributed by atoms with van der Waals surface area (Å²) in [6.07, 6.45) is 0.106. The number of hydrogen-bond acceptors (Lipinski definition) is 4. The van der Waals surface area contributed by atoms with Crippen LogP contribution in [0.5, 0.6) is 11.5 Å². The molecule has 2 atom stereocenters. The van der Waals surface area contributed by atoms with E-state index in [9.17, 15) is 0 Å². The first-order valence-electron chi connectivity index (χ1n) is 6.48. The fourth-order valence-corrected chi connectivity index (χ4v) is 2.35. The molecule has 2 aliphatic heterocycles. The van der Waals surface area contributed by atoms with Gasteiger partial charge in [-0.15, -0.1) is 0 Å². The van der Waals surface area contributed by atoms with Crippen LogP contribution >= 0.6 is 0 Å². The van der Waals surface area contributed by atoms with E-state index < -0.39 is 0 Å². The highest BCUT2D eigenvalue weighted by Gasteiger charge is 2.25. The first kappa shape index (κ1) is 11.8. The molecule has 1 N–H and O–H groups in total. The molecule has 4 nitrogen and oxygen atoms in total. The predicted molar refractivity (Wildman–Crippen MR) is 67.9 cm³/mol. The molecule has 1 aromatic rings. The molecule has 0 aromatic heterocycles. The molecule has 0 amide bonds. The van der Waals surface area contributed by atoms with Gasteiger partial charge in [-0.25, -0.2) is 0 Å². The normalized spacial score (nSPS) is 26.6. The van der Waals surface area contributed by atoms with E-state index in [4.69, 9.17) is 14.2 Å². The molecule has 1 saturated heterocycles. The zero-order valence-electron chi connectivity index (χ0n) is 10.8. The minimum atomic E-state index is 0.106. The molecule has 0 bridgehead atoms. The fourth-order valence-electron chi connectivity index (χ4n) is 2.35. The van der Waals surface area contributed by atoms with Gasteiger partial charge in [-0.05, 0) is 23.6 Å². The Morgan fingerprint density at radius 1 is 1.22 bits per heavy atom. The highest BCUT2D eigenvalue weighted by Crippen LogP contribution is 2.35. The van der Waals surface area contributed by atoms with Gasteiger partial charge in [-0.3, -0.25) is 0 Å². The van der Waals surface area contributed by atoms with E-state index in [-0.39, 0.29) is 6.10 Å². The van der Waals surface area contributed by atoms with Crippen molar-refractivity contribution in [3.8, 4) is 11.5 Å². The van der Waals surface area contributed by atoms with Crippen molar-refractivity contribution in [1.82, 2.24) is 5.32 Å². The summed E-state index contributed by atoms with van der Waals surface area (Å²) in [6, 6.07) is 6.48. The first-order chi connectivity index (χ1) is 8.74. The maximum Gasteiger partial charge on any atom is 0.231 e. The monoisotopic (exact) mass is 249 g/mol. The van der Waals surface area contributed by atoms with Crippen LogP contribution in [0.15, 0.2) is 18.2 Å². The van der Waals surface area contributed by atoms with Crippen LogP contribution in [0, 0.1) is 5.92 Å². The average molecular weight is 249 g/mol. The number of rotatable bonds is 2. The Hall–Kier alpha value is -1.26. The van der Waals surface area contributed by atoms with Crippen molar-refractivity contribution >= 4 is 0 Å². The largest absolute Gasteiger partial charge is 0.454 e. The second kappa shape index (κ2) is 4.78. The van der Waals surface area contributed by atoms with E-state index in [1.165, 1.54) is 0 Å². The standard InChI is InChI=1S/C14H19NO3/c1-9(2)11-7-16-14(6-15-11)10-3-4-12-13(5-10)18-8-17-12/h3-5,9,11,14-15H,6-8H2,1-2H3. The topological polar surface area (TPSA) is 39.7 Å². The average Bonchev–Trinajstić information content (AvgIpc) is 2.86. The Morgan fingerprint density at radius 2 is 2.06 bits per heavy atom. The maximum atomic E-state index is 5.94. The van der Waals surface area contributed by atoms with Gasteiger partial charge in [0.1, 0.15) is 0 Å². The van der Waals surface area contributed by atoms with Crippen LogP contribution < -0.4 is 14.8 Å². The van der Waals surface area contributed by atoms with Crippen LogP contribution in [0.25, 0.3) is 0 Å². The molecular weight excluding hydrogens is 230 g/mol. The van der Waals surface area contributed by atoms with Crippen molar-refractivity contribution in [2.24, 2.45) is 5.92 Å². The van der Waals surface area contributed by atoms with Crippen LogP contribution in [0.4, 0.5) is 0 Å². The lowest BCUT2D eigenvalue weighted by Gasteiger charge is -2.32. The molecule has 2 heterocycles. The van der Waals surface area contributed by atoms with Gasteiger partial charge in [0.15, 0.2) is 11.5 Å². The molecule has 1 aromatic carbocycles. The van der Waals surface area contributed by atoms with Gasteiger partial charge >= 0.3 is 0 Å². The quantitative estimate of drug-likeness (QED) is 0.871. The number of fused-ring (bicyclic) bond motifs is 1. The SMILES string of the molecule is CC(C)C1COC(c2ccc3c(c2)OCO3)CN1. The molecule has 3 rings (SSSR count). The van der Waals surface area contributed by atoms with E-state index in [1.54, 1.807) is 0 Å². The maximum absolute atomic E-state index is 5.94. The van der Waals surface area contributed by atoms with Crippen molar-refractivity contribution < 1.29 is 14.2 Å². The number of benzene rings is 1. The molecule has 4 heteroatoms. The molecule has 0 saturated carbocycles. The van der Waals surface area contributed by atoms with E-state index >= 15 is 0 Å². The Morgan fingerprint density at radius 3 is 2.78 bits per heavy atom. The second-order valence-electron chi connectivity index (χ2n) is 5.19. The molecule has 2 unspecified atom stereocenters. The molecular formula is C14H19NO3. The summed E-state index contributed by atoms with van der Waals surface area (Å²) >= 11 is 0. The van der Waals surface area contributed by atoms with Gasteiger partial charge in [0, 0.05) is 12.6 Å². The first-order valence-corrected chi connectivity index (χ1v) is 6.48. The minimum Gasteiger partial charge on any atom is -0.454 e. The lowest BCUT2D eigenvalue weighted by Crippen LogP contribution is -2.45. The summed E-state index contributed by atoms with van der Waals surface area (Å²) in [5.41, 5.74) is 1.15. The van der Waals surface area contributed by atoms with Crippen LogP contribution in [-0.2, 0) is 4.74 Å². The highest BCUT2D eigenvalue weighted by molar-refractivity contribution is 5.45. The van der Waals surface area contributed by atoms with E-state index in [2.05, 4.69) is 25.2 Å². The lowest BCUT2D eigenvalue weighted by atomic mass is 10.0. The molecule has 1 fully saturated rings. The smallest absolute Gasteiger partial charge is 0.231 e. The van der Waals surface area contributed by atoms with Crippen LogP contribution in [0.2, 0.25) is 0 Å². The number of ether oxygens (including phenoxy) is 3. The number of morpholine rings is 1. The van der Waals surface area contributed by atoms with Crippen molar-refractivity contribution in [2.75, 3.05) is 19.9 Å². The van der Waals surface area contributed by atoms with Gasteiger partial charge in [0.2, 0.25) is 6.79 Å². The van der Waals surface area contributed by atoms with Gasteiger partial charge in [0.05, 0.1) is 12.7 Å². The van der Waals surface area contributed by atoms with Crippen molar-refractivity contribution in [2.45, 2.75) is 26.0 Å².